The smallest absolute Gasteiger partial charge is 0.262 e. The van der Waals surface area contributed by atoms with Crippen molar-refractivity contribution in [2.24, 2.45) is 0 Å². The van der Waals surface area contributed by atoms with Gasteiger partial charge in [-0.3, -0.25) is 9.59 Å². The number of hydrogen-bond donors (Lipinski definition) is 2. The highest BCUT2D eigenvalue weighted by Gasteiger charge is 2.09. The number of H-pyrrole nitrogens is 1. The molecule has 33 heavy (non-hydrogen) atoms. The number of para-hydroxylation sites is 2. The Balaban J connectivity index is 1.47. The fourth-order valence-electron chi connectivity index (χ4n) is 3.24. The lowest BCUT2D eigenvalue weighted by atomic mass is 10.2. The van der Waals surface area contributed by atoms with Gasteiger partial charge >= 0.3 is 0 Å². The number of amides is 1. The average Bonchev–Trinajstić information content (AvgIpc) is 2.83. The molecule has 4 rings (SSSR count). The van der Waals surface area contributed by atoms with Crippen LogP contribution in [0.5, 0.6) is 11.5 Å². The molecule has 0 saturated carbocycles. The topological polar surface area (TPSA) is 93.3 Å². The number of benzene rings is 3. The molecule has 0 saturated heterocycles. The third-order valence-corrected chi connectivity index (χ3v) is 4.75. The fourth-order valence-corrected chi connectivity index (χ4v) is 3.24. The Kier molecular flexibility index (Phi) is 6.80. The first-order valence-electron chi connectivity index (χ1n) is 10.5. The monoisotopic (exact) mass is 441 g/mol. The maximum absolute atomic E-state index is 12.2. The van der Waals surface area contributed by atoms with Gasteiger partial charge in [-0.2, -0.15) is 0 Å². The number of fused-ring (bicyclic) bond motifs is 1. The van der Waals surface area contributed by atoms with Crippen molar-refractivity contribution in [1.29, 1.82) is 0 Å². The van der Waals surface area contributed by atoms with Gasteiger partial charge in [0.25, 0.3) is 11.5 Å². The lowest BCUT2D eigenvalue weighted by Crippen LogP contribution is -2.20. The van der Waals surface area contributed by atoms with Gasteiger partial charge in [0.15, 0.2) is 18.1 Å². The molecule has 1 amide bonds. The first-order valence-corrected chi connectivity index (χ1v) is 10.5. The van der Waals surface area contributed by atoms with Crippen LogP contribution in [0.3, 0.4) is 0 Å². The molecule has 0 spiro atoms. The van der Waals surface area contributed by atoms with E-state index >= 15 is 0 Å². The molecule has 4 aromatic rings. The van der Waals surface area contributed by atoms with E-state index < -0.39 is 0 Å². The SMILES string of the molecule is CCOc1cc(C=Cc2nc3ccccc3c(=O)[nH]2)ccc1OCC(=O)Nc1ccccc1. The van der Waals surface area contributed by atoms with Crippen molar-refractivity contribution in [1.82, 2.24) is 9.97 Å². The Morgan fingerprint density at radius 1 is 0.970 bits per heavy atom. The van der Waals surface area contributed by atoms with Crippen molar-refractivity contribution in [2.45, 2.75) is 6.92 Å². The van der Waals surface area contributed by atoms with E-state index in [0.29, 0.717) is 40.5 Å². The van der Waals surface area contributed by atoms with Gasteiger partial charge in [-0.1, -0.05) is 42.5 Å². The van der Waals surface area contributed by atoms with Crippen molar-refractivity contribution in [3.05, 3.63) is 94.5 Å². The first kappa shape index (κ1) is 21.8. The molecular weight excluding hydrogens is 418 g/mol. The second-order valence-electron chi connectivity index (χ2n) is 7.14. The van der Waals surface area contributed by atoms with Crippen molar-refractivity contribution in [2.75, 3.05) is 18.5 Å². The Morgan fingerprint density at radius 3 is 2.58 bits per heavy atom. The third kappa shape index (κ3) is 5.65. The molecule has 0 bridgehead atoms. The Hall–Kier alpha value is -4.39. The summed E-state index contributed by atoms with van der Waals surface area (Å²) in [5.74, 6) is 1.18. The summed E-state index contributed by atoms with van der Waals surface area (Å²) in [6, 6.07) is 21.8. The molecule has 7 heteroatoms. The predicted molar refractivity (Wildman–Crippen MR) is 129 cm³/mol. The lowest BCUT2D eigenvalue weighted by Gasteiger charge is -2.12. The Bertz CT molecular complexity index is 1350. The standard InChI is InChI=1S/C26H23N3O4/c1-2-32-23-16-18(13-15-24-28-21-11-7-6-10-20(21)26(31)29-24)12-14-22(23)33-17-25(30)27-19-8-4-3-5-9-19/h3-16H,2,17H2,1H3,(H,27,30)(H,28,29,31). The fraction of sp³-hybridized carbons (Fsp3) is 0.115. The number of hydrogen-bond acceptors (Lipinski definition) is 5. The minimum Gasteiger partial charge on any atom is -0.490 e. The number of anilines is 1. The zero-order valence-electron chi connectivity index (χ0n) is 18.1. The summed E-state index contributed by atoms with van der Waals surface area (Å²) in [5.41, 5.74) is 1.98. The number of rotatable bonds is 8. The molecule has 0 atom stereocenters. The highest BCUT2D eigenvalue weighted by Crippen LogP contribution is 2.29. The molecule has 0 fully saturated rings. The molecule has 0 unspecified atom stereocenters. The van der Waals surface area contributed by atoms with Crippen LogP contribution in [0, 0.1) is 0 Å². The van der Waals surface area contributed by atoms with Gasteiger partial charge in [-0.25, -0.2) is 4.98 Å². The van der Waals surface area contributed by atoms with Crippen molar-refractivity contribution >= 4 is 34.6 Å². The molecule has 3 aromatic carbocycles. The normalized spacial score (nSPS) is 10.9. The molecule has 0 radical (unpaired) electrons. The zero-order chi connectivity index (χ0) is 23.0. The maximum Gasteiger partial charge on any atom is 0.262 e. The molecule has 0 aliphatic heterocycles. The number of carbonyl (C=O) groups excluding carboxylic acids is 1. The van der Waals surface area contributed by atoms with Crippen LogP contribution < -0.4 is 20.3 Å². The molecule has 166 valence electrons. The van der Waals surface area contributed by atoms with E-state index in [2.05, 4.69) is 15.3 Å². The van der Waals surface area contributed by atoms with Gasteiger partial charge in [0.1, 0.15) is 5.82 Å². The molecule has 7 nitrogen and oxygen atoms in total. The van der Waals surface area contributed by atoms with Gasteiger partial charge in [0, 0.05) is 5.69 Å². The van der Waals surface area contributed by atoms with Gasteiger partial charge in [0.2, 0.25) is 0 Å². The van der Waals surface area contributed by atoms with Gasteiger partial charge in [-0.15, -0.1) is 0 Å². The quantitative estimate of drug-likeness (QED) is 0.420. The Labute approximate surface area is 190 Å². The van der Waals surface area contributed by atoms with Gasteiger partial charge in [0.05, 0.1) is 17.5 Å². The molecular formula is C26H23N3O4. The van der Waals surface area contributed by atoms with Crippen LogP contribution in [0.1, 0.15) is 18.3 Å². The highest BCUT2D eigenvalue weighted by atomic mass is 16.5. The van der Waals surface area contributed by atoms with E-state index in [1.165, 1.54) is 0 Å². The summed E-state index contributed by atoms with van der Waals surface area (Å²) in [6.45, 7) is 2.17. The second kappa shape index (κ2) is 10.3. The summed E-state index contributed by atoms with van der Waals surface area (Å²) >= 11 is 0. The average molecular weight is 441 g/mol. The van der Waals surface area contributed by atoms with Gasteiger partial charge in [-0.05, 0) is 55.0 Å². The molecule has 0 aliphatic rings. The zero-order valence-corrected chi connectivity index (χ0v) is 18.1. The van der Waals surface area contributed by atoms with Crippen LogP contribution in [0.2, 0.25) is 0 Å². The minimum absolute atomic E-state index is 0.146. The van der Waals surface area contributed by atoms with Crippen molar-refractivity contribution in [3.63, 3.8) is 0 Å². The largest absolute Gasteiger partial charge is 0.490 e. The predicted octanol–water partition coefficient (Wildman–Crippen LogP) is 4.51. The minimum atomic E-state index is -0.265. The third-order valence-electron chi connectivity index (χ3n) is 4.75. The maximum atomic E-state index is 12.2. The first-order chi connectivity index (χ1) is 16.1. The summed E-state index contributed by atoms with van der Waals surface area (Å²) in [4.78, 5) is 31.7. The van der Waals surface area contributed by atoms with Crippen molar-refractivity contribution in [3.8, 4) is 11.5 Å². The van der Waals surface area contributed by atoms with E-state index in [4.69, 9.17) is 9.47 Å². The number of aromatic nitrogens is 2. The van der Waals surface area contributed by atoms with Crippen LogP contribution in [0.4, 0.5) is 5.69 Å². The van der Waals surface area contributed by atoms with Crippen LogP contribution in [-0.4, -0.2) is 29.1 Å². The summed E-state index contributed by atoms with van der Waals surface area (Å²) < 4.78 is 11.4. The lowest BCUT2D eigenvalue weighted by molar-refractivity contribution is -0.118. The molecule has 2 N–H and O–H groups in total. The number of carbonyl (C=O) groups is 1. The van der Waals surface area contributed by atoms with Crippen LogP contribution in [0.25, 0.3) is 23.1 Å². The molecule has 0 aliphatic carbocycles. The summed E-state index contributed by atoms with van der Waals surface area (Å²) in [5, 5.41) is 3.33. The number of ether oxygens (including phenoxy) is 2. The van der Waals surface area contributed by atoms with E-state index in [1.54, 1.807) is 30.3 Å². The Morgan fingerprint density at radius 2 is 1.76 bits per heavy atom. The molecule has 1 heterocycles. The van der Waals surface area contributed by atoms with E-state index in [9.17, 15) is 9.59 Å². The summed E-state index contributed by atoms with van der Waals surface area (Å²) in [7, 11) is 0. The molecule has 1 aromatic heterocycles. The number of aromatic amines is 1. The van der Waals surface area contributed by atoms with Crippen LogP contribution in [0.15, 0.2) is 77.6 Å². The van der Waals surface area contributed by atoms with E-state index in [1.807, 2.05) is 61.5 Å². The van der Waals surface area contributed by atoms with Crippen LogP contribution in [-0.2, 0) is 4.79 Å². The van der Waals surface area contributed by atoms with Crippen LogP contribution >= 0.6 is 0 Å². The number of nitrogens with zero attached hydrogens (tertiary/aromatic N) is 1. The second-order valence-corrected chi connectivity index (χ2v) is 7.14. The summed E-state index contributed by atoms with van der Waals surface area (Å²) in [6.07, 6.45) is 3.55. The van der Waals surface area contributed by atoms with Gasteiger partial charge < -0.3 is 19.8 Å². The van der Waals surface area contributed by atoms with E-state index in [0.717, 1.165) is 5.56 Å². The number of nitrogens with one attached hydrogen (secondary N) is 2. The highest BCUT2D eigenvalue weighted by molar-refractivity contribution is 5.91. The van der Waals surface area contributed by atoms with E-state index in [-0.39, 0.29) is 18.1 Å². The van der Waals surface area contributed by atoms with Crippen molar-refractivity contribution < 1.29 is 14.3 Å².